The van der Waals surface area contributed by atoms with Crippen LogP contribution in [0.25, 0.3) is 0 Å². The van der Waals surface area contributed by atoms with Crippen molar-refractivity contribution in [3.05, 3.63) is 12.0 Å². The summed E-state index contributed by atoms with van der Waals surface area (Å²) in [6, 6.07) is 0. The van der Waals surface area contributed by atoms with Crippen LogP contribution in [-0.2, 0) is 9.53 Å². The number of ether oxygens (including phenoxy) is 1. The van der Waals surface area contributed by atoms with E-state index in [1.807, 2.05) is 0 Å². The minimum atomic E-state index is -0.543. The van der Waals surface area contributed by atoms with E-state index >= 15 is 0 Å². The van der Waals surface area contributed by atoms with Gasteiger partial charge in [-0.25, -0.2) is 0 Å². The van der Waals surface area contributed by atoms with E-state index in [0.717, 1.165) is 0 Å². The molecule has 0 aromatic rings. The number of carbonyl (C=O) groups excluding carboxylic acids is 1. The Balaban J connectivity index is 2.83. The van der Waals surface area contributed by atoms with Gasteiger partial charge in [-0.2, -0.15) is 0 Å². The van der Waals surface area contributed by atoms with Crippen LogP contribution in [0.4, 0.5) is 0 Å². The molecule has 0 saturated heterocycles. The van der Waals surface area contributed by atoms with Crippen molar-refractivity contribution in [3.8, 4) is 0 Å². The van der Waals surface area contributed by atoms with Crippen LogP contribution in [0.2, 0.25) is 0 Å². The average Bonchev–Trinajstić information content (AvgIpc) is 2.52. The first kappa shape index (κ1) is 9.85. The SMILES string of the molecule is CC(C)(CO)N1COC=C1C(N)=O. The second-order valence-electron chi connectivity index (χ2n) is 3.56. The molecule has 1 amide bonds. The maximum atomic E-state index is 10.9. The number of primary amides is 1. The van der Waals surface area contributed by atoms with E-state index < -0.39 is 11.4 Å². The van der Waals surface area contributed by atoms with Gasteiger partial charge in [-0.15, -0.1) is 0 Å². The molecule has 0 aromatic carbocycles. The quantitative estimate of drug-likeness (QED) is 0.615. The molecule has 1 rings (SSSR count). The number of hydrogen-bond donors (Lipinski definition) is 2. The molecule has 0 aliphatic carbocycles. The fourth-order valence-corrected chi connectivity index (χ4v) is 1.10. The van der Waals surface area contributed by atoms with Gasteiger partial charge in [0.1, 0.15) is 12.0 Å². The Morgan fingerprint density at radius 1 is 1.85 bits per heavy atom. The Bertz CT molecular complexity index is 248. The van der Waals surface area contributed by atoms with Gasteiger partial charge in [0.15, 0.2) is 6.73 Å². The van der Waals surface area contributed by atoms with Gasteiger partial charge in [0.05, 0.1) is 12.1 Å². The minimum Gasteiger partial charge on any atom is -0.478 e. The maximum Gasteiger partial charge on any atom is 0.268 e. The molecule has 1 aliphatic heterocycles. The highest BCUT2D eigenvalue weighted by molar-refractivity contribution is 5.91. The molecule has 0 spiro atoms. The zero-order valence-electron chi connectivity index (χ0n) is 7.78. The molecule has 5 heteroatoms. The van der Waals surface area contributed by atoms with Gasteiger partial charge in [-0.3, -0.25) is 4.79 Å². The summed E-state index contributed by atoms with van der Waals surface area (Å²) in [5, 5.41) is 9.08. The zero-order valence-corrected chi connectivity index (χ0v) is 7.78. The Morgan fingerprint density at radius 2 is 2.46 bits per heavy atom. The Labute approximate surface area is 76.8 Å². The summed E-state index contributed by atoms with van der Waals surface area (Å²) in [4.78, 5) is 12.6. The van der Waals surface area contributed by atoms with E-state index in [1.54, 1.807) is 18.7 Å². The van der Waals surface area contributed by atoms with E-state index in [9.17, 15) is 4.79 Å². The van der Waals surface area contributed by atoms with Crippen molar-refractivity contribution in [2.75, 3.05) is 13.3 Å². The number of amides is 1. The molecule has 0 atom stereocenters. The third kappa shape index (κ3) is 1.75. The summed E-state index contributed by atoms with van der Waals surface area (Å²) in [7, 11) is 0. The molecule has 0 saturated carbocycles. The molecule has 0 bridgehead atoms. The largest absolute Gasteiger partial charge is 0.478 e. The first-order chi connectivity index (χ1) is 5.99. The molecule has 13 heavy (non-hydrogen) atoms. The van der Waals surface area contributed by atoms with Crippen LogP contribution in [-0.4, -0.2) is 34.8 Å². The van der Waals surface area contributed by atoms with E-state index in [4.69, 9.17) is 15.6 Å². The highest BCUT2D eigenvalue weighted by Gasteiger charge is 2.33. The lowest BCUT2D eigenvalue weighted by atomic mass is 10.0. The number of carbonyl (C=O) groups is 1. The monoisotopic (exact) mass is 186 g/mol. The number of hydrogen-bond acceptors (Lipinski definition) is 4. The van der Waals surface area contributed by atoms with Crippen LogP contribution < -0.4 is 5.73 Å². The topological polar surface area (TPSA) is 75.8 Å². The molecule has 3 N–H and O–H groups in total. The molecule has 0 radical (unpaired) electrons. The summed E-state index contributed by atoms with van der Waals surface area (Å²) in [6.45, 7) is 3.80. The first-order valence-electron chi connectivity index (χ1n) is 3.99. The standard InChI is InChI=1S/C8H14N2O3/c1-8(2,4-11)10-5-13-3-6(10)7(9)12/h3,11H,4-5H2,1-2H3,(H2,9,12). The molecule has 1 heterocycles. The Kier molecular flexibility index (Phi) is 2.47. The smallest absolute Gasteiger partial charge is 0.268 e. The molecule has 0 aromatic heterocycles. The maximum absolute atomic E-state index is 10.9. The predicted octanol–water partition coefficient (Wildman–Crippen LogP) is -0.626. The van der Waals surface area contributed by atoms with Crippen LogP contribution >= 0.6 is 0 Å². The second-order valence-corrected chi connectivity index (χ2v) is 3.56. The lowest BCUT2D eigenvalue weighted by Crippen LogP contribution is -2.47. The highest BCUT2D eigenvalue weighted by Crippen LogP contribution is 2.23. The van der Waals surface area contributed by atoms with Crippen LogP contribution in [0.1, 0.15) is 13.8 Å². The van der Waals surface area contributed by atoms with Crippen molar-refractivity contribution in [2.24, 2.45) is 5.73 Å². The van der Waals surface area contributed by atoms with Gasteiger partial charge in [0, 0.05) is 0 Å². The van der Waals surface area contributed by atoms with Gasteiger partial charge in [-0.05, 0) is 13.8 Å². The molecule has 0 fully saturated rings. The van der Waals surface area contributed by atoms with Gasteiger partial charge in [0.25, 0.3) is 5.91 Å². The van der Waals surface area contributed by atoms with E-state index in [1.165, 1.54) is 6.26 Å². The number of nitrogens with two attached hydrogens (primary N) is 1. The lowest BCUT2D eigenvalue weighted by Gasteiger charge is -2.34. The van der Waals surface area contributed by atoms with Crippen molar-refractivity contribution < 1.29 is 14.6 Å². The molecule has 0 unspecified atom stereocenters. The number of aliphatic hydroxyl groups excluding tert-OH is 1. The zero-order chi connectivity index (χ0) is 10.1. The third-order valence-electron chi connectivity index (χ3n) is 2.06. The van der Waals surface area contributed by atoms with Gasteiger partial charge < -0.3 is 20.5 Å². The second kappa shape index (κ2) is 3.26. The normalized spacial score (nSPS) is 16.8. The van der Waals surface area contributed by atoms with Crippen molar-refractivity contribution in [3.63, 3.8) is 0 Å². The van der Waals surface area contributed by atoms with E-state index in [-0.39, 0.29) is 13.3 Å². The fraction of sp³-hybridized carbons (Fsp3) is 0.625. The molecule has 5 nitrogen and oxygen atoms in total. The average molecular weight is 186 g/mol. The summed E-state index contributed by atoms with van der Waals surface area (Å²) in [6.07, 6.45) is 1.32. The van der Waals surface area contributed by atoms with Crippen LogP contribution in [0.3, 0.4) is 0 Å². The minimum absolute atomic E-state index is 0.0685. The van der Waals surface area contributed by atoms with Crippen LogP contribution in [0.5, 0.6) is 0 Å². The number of nitrogens with zero attached hydrogens (tertiary/aromatic N) is 1. The number of aliphatic hydroxyl groups is 1. The predicted molar refractivity (Wildman–Crippen MR) is 46.2 cm³/mol. The van der Waals surface area contributed by atoms with Gasteiger partial charge in [-0.1, -0.05) is 0 Å². The fourth-order valence-electron chi connectivity index (χ4n) is 1.10. The van der Waals surface area contributed by atoms with Crippen molar-refractivity contribution >= 4 is 5.91 Å². The van der Waals surface area contributed by atoms with Crippen molar-refractivity contribution in [2.45, 2.75) is 19.4 Å². The first-order valence-corrected chi connectivity index (χ1v) is 3.99. The number of rotatable bonds is 3. The van der Waals surface area contributed by atoms with Gasteiger partial charge in [0.2, 0.25) is 0 Å². The van der Waals surface area contributed by atoms with Crippen molar-refractivity contribution in [1.82, 2.24) is 4.90 Å². The van der Waals surface area contributed by atoms with Crippen LogP contribution in [0, 0.1) is 0 Å². The summed E-state index contributed by atoms with van der Waals surface area (Å²) >= 11 is 0. The molecule has 1 aliphatic rings. The molecular weight excluding hydrogens is 172 g/mol. The molecular formula is C8H14N2O3. The summed E-state index contributed by atoms with van der Waals surface area (Å²) in [5.74, 6) is -0.543. The third-order valence-corrected chi connectivity index (χ3v) is 2.06. The van der Waals surface area contributed by atoms with E-state index in [0.29, 0.717) is 5.70 Å². The lowest BCUT2D eigenvalue weighted by molar-refractivity contribution is -0.117. The Morgan fingerprint density at radius 3 is 2.92 bits per heavy atom. The van der Waals surface area contributed by atoms with Crippen LogP contribution in [0.15, 0.2) is 12.0 Å². The van der Waals surface area contributed by atoms with Gasteiger partial charge >= 0.3 is 0 Å². The van der Waals surface area contributed by atoms with E-state index in [2.05, 4.69) is 0 Å². The highest BCUT2D eigenvalue weighted by atomic mass is 16.5. The summed E-state index contributed by atoms with van der Waals surface area (Å²) in [5.41, 5.74) is 4.90. The Hall–Kier alpha value is -1.23. The summed E-state index contributed by atoms with van der Waals surface area (Å²) < 4.78 is 4.97. The van der Waals surface area contributed by atoms with Crippen molar-refractivity contribution in [1.29, 1.82) is 0 Å². The molecule has 74 valence electrons.